The summed E-state index contributed by atoms with van der Waals surface area (Å²) in [7, 11) is 1.65. The van der Waals surface area contributed by atoms with E-state index in [4.69, 9.17) is 9.84 Å². The van der Waals surface area contributed by atoms with E-state index in [1.54, 1.807) is 7.11 Å². The van der Waals surface area contributed by atoms with E-state index in [-0.39, 0.29) is 17.9 Å². The van der Waals surface area contributed by atoms with E-state index in [1.165, 1.54) is 0 Å². The van der Waals surface area contributed by atoms with Gasteiger partial charge >= 0.3 is 5.97 Å². The summed E-state index contributed by atoms with van der Waals surface area (Å²) in [4.78, 5) is 13.2. The molecule has 1 aliphatic heterocycles. The van der Waals surface area contributed by atoms with Crippen molar-refractivity contribution < 1.29 is 14.6 Å². The molecule has 0 radical (unpaired) electrons. The summed E-state index contributed by atoms with van der Waals surface area (Å²) in [6.07, 6.45) is 1.16. The van der Waals surface area contributed by atoms with Crippen molar-refractivity contribution in [3.63, 3.8) is 0 Å². The fourth-order valence-electron chi connectivity index (χ4n) is 2.93. The fourth-order valence-corrected chi connectivity index (χ4v) is 2.93. The molecule has 104 valence electrons. The van der Waals surface area contributed by atoms with Crippen molar-refractivity contribution in [3.8, 4) is 5.75 Å². The smallest absolute Gasteiger partial charge is 0.303 e. The first kappa shape index (κ1) is 13.7. The molecular weight excluding hydrogens is 242 g/mol. The molecule has 0 spiro atoms. The van der Waals surface area contributed by atoms with E-state index in [0.717, 1.165) is 24.4 Å². The van der Waals surface area contributed by atoms with Gasteiger partial charge in [-0.15, -0.1) is 0 Å². The highest BCUT2D eigenvalue weighted by molar-refractivity contribution is 5.68. The minimum Gasteiger partial charge on any atom is -0.497 e. The van der Waals surface area contributed by atoms with Gasteiger partial charge in [-0.1, -0.05) is 0 Å². The lowest BCUT2D eigenvalue weighted by atomic mass is 9.85. The second-order valence-electron chi connectivity index (χ2n) is 5.59. The molecule has 1 heterocycles. The van der Waals surface area contributed by atoms with Crippen LogP contribution in [0.5, 0.6) is 5.75 Å². The van der Waals surface area contributed by atoms with Crippen LogP contribution in [0, 0.1) is 5.92 Å². The molecule has 0 saturated carbocycles. The Balaban J connectivity index is 2.18. The number of methoxy groups -OCH3 is 1. The van der Waals surface area contributed by atoms with Gasteiger partial charge in [0.2, 0.25) is 0 Å². The molecule has 1 aromatic rings. The normalized spacial score (nSPS) is 21.4. The number of aliphatic carboxylic acids is 1. The molecule has 1 saturated heterocycles. The zero-order valence-electron chi connectivity index (χ0n) is 11.7. The van der Waals surface area contributed by atoms with Gasteiger partial charge in [0.05, 0.1) is 13.5 Å². The van der Waals surface area contributed by atoms with Crippen LogP contribution in [0.25, 0.3) is 0 Å². The number of rotatable bonds is 4. The van der Waals surface area contributed by atoms with Gasteiger partial charge < -0.3 is 14.7 Å². The lowest BCUT2D eigenvalue weighted by molar-refractivity contribution is -0.138. The summed E-state index contributed by atoms with van der Waals surface area (Å²) in [6, 6.07) is 7.94. The summed E-state index contributed by atoms with van der Waals surface area (Å²) >= 11 is 0. The van der Waals surface area contributed by atoms with Crippen molar-refractivity contribution in [3.05, 3.63) is 24.3 Å². The van der Waals surface area contributed by atoms with Gasteiger partial charge in [0.15, 0.2) is 0 Å². The first-order valence-corrected chi connectivity index (χ1v) is 6.58. The van der Waals surface area contributed by atoms with Gasteiger partial charge in [-0.25, -0.2) is 0 Å². The molecular formula is C15H21NO3. The summed E-state index contributed by atoms with van der Waals surface area (Å²) in [6.45, 7) is 5.15. The summed E-state index contributed by atoms with van der Waals surface area (Å²) in [5.41, 5.74) is 0.992. The second-order valence-corrected chi connectivity index (χ2v) is 5.59. The number of anilines is 1. The van der Waals surface area contributed by atoms with Crippen LogP contribution in [0.3, 0.4) is 0 Å². The Morgan fingerprint density at radius 2 is 2.05 bits per heavy atom. The summed E-state index contributed by atoms with van der Waals surface area (Å²) in [5, 5.41) is 9.00. The standard InChI is InChI=1S/C15H21NO3/c1-15(2)11(10-14(17)18)8-9-16(15)12-4-6-13(19-3)7-5-12/h4-7,11H,8-10H2,1-3H3,(H,17,18). The largest absolute Gasteiger partial charge is 0.497 e. The van der Waals surface area contributed by atoms with Crippen LogP contribution < -0.4 is 9.64 Å². The van der Waals surface area contributed by atoms with Gasteiger partial charge in [-0.3, -0.25) is 4.79 Å². The van der Waals surface area contributed by atoms with Crippen molar-refractivity contribution in [2.75, 3.05) is 18.6 Å². The van der Waals surface area contributed by atoms with Crippen LogP contribution in [0.15, 0.2) is 24.3 Å². The first-order valence-electron chi connectivity index (χ1n) is 6.58. The molecule has 19 heavy (non-hydrogen) atoms. The number of nitrogens with zero attached hydrogens (tertiary/aromatic N) is 1. The van der Waals surface area contributed by atoms with E-state index in [2.05, 4.69) is 18.7 Å². The molecule has 1 aromatic carbocycles. The topological polar surface area (TPSA) is 49.8 Å². The zero-order chi connectivity index (χ0) is 14.0. The van der Waals surface area contributed by atoms with Gasteiger partial charge in [-0.05, 0) is 50.5 Å². The Morgan fingerprint density at radius 3 is 2.58 bits per heavy atom. The molecule has 4 nitrogen and oxygen atoms in total. The number of benzene rings is 1. The molecule has 1 unspecified atom stereocenters. The third-order valence-corrected chi connectivity index (χ3v) is 4.20. The molecule has 4 heteroatoms. The lowest BCUT2D eigenvalue weighted by Crippen LogP contribution is -2.43. The average Bonchev–Trinajstić information content (AvgIpc) is 2.65. The molecule has 1 aliphatic rings. The number of carbonyl (C=O) groups is 1. The van der Waals surface area contributed by atoms with E-state index >= 15 is 0 Å². The van der Waals surface area contributed by atoms with E-state index in [1.807, 2.05) is 24.3 Å². The number of ether oxygens (including phenoxy) is 1. The highest BCUT2D eigenvalue weighted by Gasteiger charge is 2.42. The molecule has 2 rings (SSSR count). The summed E-state index contributed by atoms with van der Waals surface area (Å²) in [5.74, 6) is 0.310. The lowest BCUT2D eigenvalue weighted by Gasteiger charge is -2.37. The van der Waals surface area contributed by atoms with Crippen LogP contribution in [0.4, 0.5) is 5.69 Å². The monoisotopic (exact) mass is 263 g/mol. The maximum atomic E-state index is 10.9. The number of carboxylic acid groups (broad SMARTS) is 1. The SMILES string of the molecule is COc1ccc(N2CCC(CC(=O)O)C2(C)C)cc1. The van der Waals surface area contributed by atoms with Crippen LogP contribution in [-0.2, 0) is 4.79 Å². The van der Waals surface area contributed by atoms with Gasteiger partial charge in [0.25, 0.3) is 0 Å². The maximum Gasteiger partial charge on any atom is 0.303 e. The predicted molar refractivity (Wildman–Crippen MR) is 74.8 cm³/mol. The molecule has 0 aromatic heterocycles. The number of hydrogen-bond acceptors (Lipinski definition) is 3. The van der Waals surface area contributed by atoms with Crippen molar-refractivity contribution >= 4 is 11.7 Å². The van der Waals surface area contributed by atoms with Crippen LogP contribution in [0.1, 0.15) is 26.7 Å². The minimum atomic E-state index is -0.713. The van der Waals surface area contributed by atoms with Crippen molar-refractivity contribution in [1.82, 2.24) is 0 Å². The summed E-state index contributed by atoms with van der Waals surface area (Å²) < 4.78 is 5.16. The highest BCUT2D eigenvalue weighted by atomic mass is 16.5. The quantitative estimate of drug-likeness (QED) is 0.907. The van der Waals surface area contributed by atoms with E-state index in [0.29, 0.717) is 0 Å². The number of hydrogen-bond donors (Lipinski definition) is 1. The second kappa shape index (κ2) is 5.11. The zero-order valence-corrected chi connectivity index (χ0v) is 11.7. The van der Waals surface area contributed by atoms with E-state index in [9.17, 15) is 4.79 Å². The Labute approximate surface area is 114 Å². The molecule has 0 aliphatic carbocycles. The van der Waals surface area contributed by atoms with Gasteiger partial charge in [0.1, 0.15) is 5.75 Å². The average molecular weight is 263 g/mol. The molecule has 0 amide bonds. The van der Waals surface area contributed by atoms with Crippen molar-refractivity contribution in [2.45, 2.75) is 32.2 Å². The molecule has 1 N–H and O–H groups in total. The molecule has 1 atom stereocenters. The van der Waals surface area contributed by atoms with Crippen LogP contribution in [0.2, 0.25) is 0 Å². The van der Waals surface area contributed by atoms with Crippen LogP contribution >= 0.6 is 0 Å². The van der Waals surface area contributed by atoms with Gasteiger partial charge in [-0.2, -0.15) is 0 Å². The highest BCUT2D eigenvalue weighted by Crippen LogP contribution is 2.40. The maximum absolute atomic E-state index is 10.9. The Morgan fingerprint density at radius 1 is 1.42 bits per heavy atom. The number of carboxylic acids is 1. The van der Waals surface area contributed by atoms with E-state index < -0.39 is 5.97 Å². The Kier molecular flexibility index (Phi) is 3.69. The fraction of sp³-hybridized carbons (Fsp3) is 0.533. The predicted octanol–water partition coefficient (Wildman–Crippen LogP) is 2.77. The Bertz CT molecular complexity index is 453. The third kappa shape index (κ3) is 2.67. The first-order chi connectivity index (χ1) is 8.95. The van der Waals surface area contributed by atoms with Crippen molar-refractivity contribution in [1.29, 1.82) is 0 Å². The Hall–Kier alpha value is -1.71. The third-order valence-electron chi connectivity index (χ3n) is 4.20. The minimum absolute atomic E-state index is 0.132. The van der Waals surface area contributed by atoms with Gasteiger partial charge in [0, 0.05) is 17.8 Å². The van der Waals surface area contributed by atoms with Crippen LogP contribution in [-0.4, -0.2) is 30.3 Å². The molecule has 0 bridgehead atoms. The van der Waals surface area contributed by atoms with Crippen molar-refractivity contribution in [2.24, 2.45) is 5.92 Å². The molecule has 1 fully saturated rings.